The van der Waals surface area contributed by atoms with Crippen molar-refractivity contribution in [3.05, 3.63) is 70.9 Å². The zero-order chi connectivity index (χ0) is 19.9. The Morgan fingerprint density at radius 3 is 2.56 bits per heavy atom. The lowest BCUT2D eigenvalue weighted by Crippen LogP contribution is -2.18. The van der Waals surface area contributed by atoms with Crippen LogP contribution in [0.4, 0.5) is 5.69 Å². The summed E-state index contributed by atoms with van der Waals surface area (Å²) in [5.74, 6) is -0.705. The number of hydrogen-bond acceptors (Lipinski definition) is 5. The summed E-state index contributed by atoms with van der Waals surface area (Å²) >= 11 is 5.82. The van der Waals surface area contributed by atoms with Crippen LogP contribution in [0.5, 0.6) is 0 Å². The minimum atomic E-state index is -4.39. The first-order chi connectivity index (χ1) is 12.8. The van der Waals surface area contributed by atoms with E-state index in [0.29, 0.717) is 18.0 Å². The first-order valence-electron chi connectivity index (χ1n) is 7.76. The van der Waals surface area contributed by atoms with Crippen molar-refractivity contribution in [1.82, 2.24) is 5.32 Å². The molecule has 0 heterocycles. The minimum Gasteiger partial charge on any atom is -0.389 e. The molecule has 7 nitrogen and oxygen atoms in total. The lowest BCUT2D eigenvalue weighted by atomic mass is 10.1. The second kappa shape index (κ2) is 9.19. The van der Waals surface area contributed by atoms with Crippen molar-refractivity contribution < 1.29 is 17.8 Å². The van der Waals surface area contributed by atoms with Gasteiger partial charge >= 0.3 is 0 Å². The average Bonchev–Trinajstić information content (AvgIpc) is 2.62. The van der Waals surface area contributed by atoms with Crippen LogP contribution in [0.1, 0.15) is 5.56 Å². The van der Waals surface area contributed by atoms with E-state index in [1.165, 1.54) is 24.4 Å². The molecular formula is C18H16ClN3O4S. The highest BCUT2D eigenvalue weighted by molar-refractivity contribution is 7.85. The minimum absolute atomic E-state index is 0.137. The molecule has 140 valence electrons. The molecular weight excluding hydrogens is 390 g/mol. The van der Waals surface area contributed by atoms with E-state index in [0.717, 1.165) is 11.6 Å². The highest BCUT2D eigenvalue weighted by Crippen LogP contribution is 2.15. The molecule has 0 fully saturated rings. The van der Waals surface area contributed by atoms with Gasteiger partial charge in [-0.15, -0.1) is 0 Å². The zero-order valence-electron chi connectivity index (χ0n) is 14.0. The summed E-state index contributed by atoms with van der Waals surface area (Å²) in [4.78, 5) is 11.8. The van der Waals surface area contributed by atoms with Crippen molar-refractivity contribution in [2.45, 2.75) is 11.3 Å². The van der Waals surface area contributed by atoms with Gasteiger partial charge in [0.1, 0.15) is 11.6 Å². The highest BCUT2D eigenvalue weighted by Gasteiger charge is 2.13. The van der Waals surface area contributed by atoms with Gasteiger partial charge in [0.05, 0.1) is 4.90 Å². The molecule has 0 unspecified atom stereocenters. The van der Waals surface area contributed by atoms with E-state index >= 15 is 0 Å². The van der Waals surface area contributed by atoms with E-state index in [9.17, 15) is 13.2 Å². The number of hydrogen-bond donors (Lipinski definition) is 3. The molecule has 2 aromatic rings. The molecule has 1 amide bonds. The van der Waals surface area contributed by atoms with Gasteiger partial charge in [-0.1, -0.05) is 29.8 Å². The number of amides is 1. The molecule has 0 atom stereocenters. The number of nitriles is 1. The number of rotatable bonds is 7. The fourth-order valence-electron chi connectivity index (χ4n) is 2.12. The first kappa shape index (κ1) is 20.5. The summed E-state index contributed by atoms with van der Waals surface area (Å²) in [6.45, 7) is 0.498. The van der Waals surface area contributed by atoms with Gasteiger partial charge in [0.2, 0.25) is 0 Å². The SMILES string of the molecule is N#C/C(=C/NCCc1ccc(Cl)cc1)C(=O)Nc1cccc(S(=O)(=O)O)c1. The van der Waals surface area contributed by atoms with Crippen LogP contribution in [0, 0.1) is 11.3 Å². The monoisotopic (exact) mass is 405 g/mol. The van der Waals surface area contributed by atoms with Gasteiger partial charge in [-0.25, -0.2) is 0 Å². The van der Waals surface area contributed by atoms with E-state index in [4.69, 9.17) is 21.4 Å². The lowest BCUT2D eigenvalue weighted by molar-refractivity contribution is -0.112. The van der Waals surface area contributed by atoms with Crippen molar-refractivity contribution in [3.63, 3.8) is 0 Å². The number of carbonyl (C=O) groups excluding carboxylic acids is 1. The van der Waals surface area contributed by atoms with Gasteiger partial charge in [-0.2, -0.15) is 13.7 Å². The Morgan fingerprint density at radius 1 is 1.22 bits per heavy atom. The van der Waals surface area contributed by atoms with Crippen molar-refractivity contribution in [3.8, 4) is 6.07 Å². The molecule has 0 spiro atoms. The van der Waals surface area contributed by atoms with E-state index < -0.39 is 16.0 Å². The predicted molar refractivity (Wildman–Crippen MR) is 102 cm³/mol. The zero-order valence-corrected chi connectivity index (χ0v) is 15.6. The van der Waals surface area contributed by atoms with E-state index in [1.54, 1.807) is 18.2 Å². The number of benzene rings is 2. The fraction of sp³-hybridized carbons (Fsp3) is 0.111. The maximum Gasteiger partial charge on any atom is 0.294 e. The second-order valence-electron chi connectivity index (χ2n) is 5.46. The molecule has 0 saturated carbocycles. The molecule has 0 aliphatic heterocycles. The smallest absolute Gasteiger partial charge is 0.294 e. The van der Waals surface area contributed by atoms with Crippen LogP contribution >= 0.6 is 11.6 Å². The molecule has 0 radical (unpaired) electrons. The summed E-state index contributed by atoms with van der Waals surface area (Å²) < 4.78 is 31.3. The summed E-state index contributed by atoms with van der Waals surface area (Å²) in [7, 11) is -4.39. The van der Waals surface area contributed by atoms with E-state index in [2.05, 4.69) is 10.6 Å². The maximum absolute atomic E-state index is 12.1. The standard InChI is InChI=1S/C18H16ClN3O4S/c19-15-6-4-13(5-7-15)8-9-21-12-14(11-20)18(23)22-16-2-1-3-17(10-16)27(24,25)26/h1-7,10,12,21H,8-9H2,(H,22,23)(H,24,25,26)/b14-12-. The predicted octanol–water partition coefficient (Wildman–Crippen LogP) is 2.76. The van der Waals surface area contributed by atoms with Crippen LogP contribution in [0.3, 0.4) is 0 Å². The number of halogens is 1. The van der Waals surface area contributed by atoms with E-state index in [1.807, 2.05) is 12.1 Å². The van der Waals surface area contributed by atoms with Crippen LogP contribution in [-0.4, -0.2) is 25.4 Å². The Labute approximate surface area is 162 Å². The molecule has 0 aliphatic rings. The van der Waals surface area contributed by atoms with Crippen LogP contribution in [0.2, 0.25) is 5.02 Å². The molecule has 0 aliphatic carbocycles. The third kappa shape index (κ3) is 6.42. The van der Waals surface area contributed by atoms with Crippen LogP contribution in [-0.2, 0) is 21.3 Å². The van der Waals surface area contributed by atoms with Crippen molar-refractivity contribution in [2.24, 2.45) is 0 Å². The lowest BCUT2D eigenvalue weighted by Gasteiger charge is -2.06. The molecule has 9 heteroatoms. The van der Waals surface area contributed by atoms with Crippen LogP contribution in [0.25, 0.3) is 0 Å². The topological polar surface area (TPSA) is 119 Å². The Morgan fingerprint density at radius 2 is 1.93 bits per heavy atom. The van der Waals surface area contributed by atoms with Crippen LogP contribution in [0.15, 0.2) is 65.2 Å². The number of anilines is 1. The third-order valence-electron chi connectivity index (χ3n) is 3.47. The number of nitrogens with one attached hydrogen (secondary N) is 2. The van der Waals surface area contributed by atoms with Gasteiger partial charge in [-0.3, -0.25) is 9.35 Å². The summed E-state index contributed by atoms with van der Waals surface area (Å²) in [6, 6.07) is 14.2. The van der Waals surface area contributed by atoms with Gasteiger partial charge in [0.15, 0.2) is 0 Å². The Balaban J connectivity index is 1.96. The van der Waals surface area contributed by atoms with Crippen molar-refractivity contribution in [2.75, 3.05) is 11.9 Å². The van der Waals surface area contributed by atoms with Crippen molar-refractivity contribution in [1.29, 1.82) is 5.26 Å². The molecule has 2 rings (SSSR count). The quantitative estimate of drug-likeness (QED) is 0.282. The average molecular weight is 406 g/mol. The van der Waals surface area contributed by atoms with Crippen molar-refractivity contribution >= 4 is 33.3 Å². The number of carbonyl (C=O) groups is 1. The van der Waals surface area contributed by atoms with Gasteiger partial charge in [0.25, 0.3) is 16.0 Å². The van der Waals surface area contributed by atoms with Crippen LogP contribution < -0.4 is 10.6 Å². The molecule has 0 aromatic heterocycles. The van der Waals surface area contributed by atoms with Gasteiger partial charge < -0.3 is 10.6 Å². The molecule has 2 aromatic carbocycles. The summed E-state index contributed by atoms with van der Waals surface area (Å²) in [6.07, 6.45) is 1.96. The Bertz CT molecular complexity index is 996. The molecule has 0 bridgehead atoms. The highest BCUT2D eigenvalue weighted by atomic mass is 35.5. The molecule has 0 saturated heterocycles. The Kier molecular flexibility index (Phi) is 6.96. The maximum atomic E-state index is 12.1. The second-order valence-corrected chi connectivity index (χ2v) is 7.32. The first-order valence-corrected chi connectivity index (χ1v) is 9.58. The normalized spacial score (nSPS) is 11.5. The molecule has 27 heavy (non-hydrogen) atoms. The Hall–Kier alpha value is -2.86. The van der Waals surface area contributed by atoms with Gasteiger partial charge in [0, 0.05) is 23.5 Å². The molecule has 3 N–H and O–H groups in total. The summed E-state index contributed by atoms with van der Waals surface area (Å²) in [5, 5.41) is 15.1. The largest absolute Gasteiger partial charge is 0.389 e. The number of nitrogens with zero attached hydrogens (tertiary/aromatic N) is 1. The fourth-order valence-corrected chi connectivity index (χ4v) is 2.78. The van der Waals surface area contributed by atoms with E-state index in [-0.39, 0.29) is 16.2 Å². The third-order valence-corrected chi connectivity index (χ3v) is 4.57. The van der Waals surface area contributed by atoms with Gasteiger partial charge in [-0.05, 0) is 42.3 Å². The summed E-state index contributed by atoms with van der Waals surface area (Å²) in [5.41, 5.74) is 1.01.